The first-order valence-electron chi connectivity index (χ1n) is 5.99. The smallest absolute Gasteiger partial charge is 0.213 e. The largest absolute Gasteiger partial charge is 0.481 e. The highest BCUT2D eigenvalue weighted by molar-refractivity contribution is 5.83. The zero-order valence-corrected chi connectivity index (χ0v) is 10.2. The van der Waals surface area contributed by atoms with Gasteiger partial charge in [-0.3, -0.25) is 4.98 Å². The molecule has 2 N–H and O–H groups in total. The van der Waals surface area contributed by atoms with Gasteiger partial charge < -0.3 is 15.2 Å². The van der Waals surface area contributed by atoms with Gasteiger partial charge in [0.05, 0.1) is 30.0 Å². The number of rotatable bonds is 2. The maximum atomic E-state index is 9.29. The fourth-order valence-electron chi connectivity index (χ4n) is 2.32. The first-order chi connectivity index (χ1) is 8.81. The van der Waals surface area contributed by atoms with Crippen molar-refractivity contribution in [2.75, 3.05) is 25.6 Å². The van der Waals surface area contributed by atoms with Crippen LogP contribution in [0.5, 0.6) is 5.88 Å². The summed E-state index contributed by atoms with van der Waals surface area (Å²) in [6.45, 7) is 0.959. The number of aliphatic hydroxyl groups excluding tert-OH is 1. The molecule has 5 heteroatoms. The molecule has 2 aromatic heterocycles. The number of aliphatic hydroxyl groups is 1. The maximum absolute atomic E-state index is 9.29. The zero-order chi connectivity index (χ0) is 12.5. The molecule has 0 fully saturated rings. The minimum absolute atomic E-state index is 0.181. The van der Waals surface area contributed by atoms with Gasteiger partial charge in [0, 0.05) is 30.7 Å². The number of methoxy groups -OCH3 is 1. The maximum Gasteiger partial charge on any atom is 0.213 e. The van der Waals surface area contributed by atoms with E-state index in [-0.39, 0.29) is 12.5 Å². The Labute approximate surface area is 105 Å². The molecule has 0 saturated carbocycles. The van der Waals surface area contributed by atoms with Crippen molar-refractivity contribution in [1.29, 1.82) is 0 Å². The standard InChI is InChI=1S/C13H15N3O2/c1-18-12-3-2-10-13(16-12)9-4-8(7-17)5-14-11(9)6-15-10/h2-3,6,8,14,17H,4-5,7H2,1H3. The Bertz CT molecular complexity index is 580. The molecule has 18 heavy (non-hydrogen) atoms. The third kappa shape index (κ3) is 1.76. The van der Waals surface area contributed by atoms with Crippen molar-refractivity contribution < 1.29 is 9.84 Å². The lowest BCUT2D eigenvalue weighted by Gasteiger charge is -2.25. The van der Waals surface area contributed by atoms with E-state index in [4.69, 9.17) is 4.74 Å². The number of hydrogen-bond acceptors (Lipinski definition) is 5. The summed E-state index contributed by atoms with van der Waals surface area (Å²) in [5.41, 5.74) is 3.84. The molecule has 0 amide bonds. The number of ether oxygens (including phenoxy) is 1. The SMILES string of the molecule is COc1ccc2ncc3c(c2n1)CC(CO)CN3. The highest BCUT2D eigenvalue weighted by atomic mass is 16.5. The van der Waals surface area contributed by atoms with Crippen LogP contribution < -0.4 is 10.1 Å². The summed E-state index contributed by atoms with van der Waals surface area (Å²) in [5, 5.41) is 12.6. The molecular weight excluding hydrogens is 230 g/mol. The van der Waals surface area contributed by atoms with Gasteiger partial charge >= 0.3 is 0 Å². The quantitative estimate of drug-likeness (QED) is 0.832. The van der Waals surface area contributed by atoms with E-state index in [2.05, 4.69) is 15.3 Å². The van der Waals surface area contributed by atoms with Gasteiger partial charge in [-0.25, -0.2) is 4.98 Å². The lowest BCUT2D eigenvalue weighted by Crippen LogP contribution is -2.26. The van der Waals surface area contributed by atoms with Crippen LogP contribution in [0.15, 0.2) is 18.3 Å². The van der Waals surface area contributed by atoms with E-state index in [1.54, 1.807) is 7.11 Å². The van der Waals surface area contributed by atoms with Crippen LogP contribution in [-0.2, 0) is 6.42 Å². The van der Waals surface area contributed by atoms with E-state index in [9.17, 15) is 5.11 Å². The van der Waals surface area contributed by atoms with Gasteiger partial charge in [0.2, 0.25) is 5.88 Å². The molecule has 1 aliphatic rings. The van der Waals surface area contributed by atoms with Crippen molar-refractivity contribution in [3.8, 4) is 5.88 Å². The minimum atomic E-state index is 0.181. The van der Waals surface area contributed by atoms with E-state index in [1.165, 1.54) is 0 Å². The summed E-state index contributed by atoms with van der Waals surface area (Å²) < 4.78 is 5.16. The Balaban J connectivity index is 2.16. The Morgan fingerprint density at radius 1 is 1.50 bits per heavy atom. The Kier molecular flexibility index (Phi) is 2.76. The molecule has 94 valence electrons. The molecular formula is C13H15N3O2. The average molecular weight is 245 g/mol. The van der Waals surface area contributed by atoms with Crippen LogP contribution in [0.4, 0.5) is 5.69 Å². The summed E-state index contributed by atoms with van der Waals surface area (Å²) in [5.74, 6) is 0.819. The van der Waals surface area contributed by atoms with Crippen LogP contribution in [0.2, 0.25) is 0 Å². The van der Waals surface area contributed by atoms with Crippen molar-refractivity contribution >= 4 is 16.7 Å². The fraction of sp³-hybridized carbons (Fsp3) is 0.385. The van der Waals surface area contributed by atoms with Gasteiger partial charge in [-0.05, 0) is 12.5 Å². The second kappa shape index (κ2) is 4.42. The second-order valence-electron chi connectivity index (χ2n) is 4.51. The number of nitrogens with one attached hydrogen (secondary N) is 1. The summed E-state index contributed by atoms with van der Waals surface area (Å²) in [6.07, 6.45) is 2.65. The molecule has 2 aromatic rings. The van der Waals surface area contributed by atoms with Gasteiger partial charge in [0.15, 0.2) is 0 Å². The normalized spacial score (nSPS) is 18.2. The van der Waals surface area contributed by atoms with E-state index in [0.29, 0.717) is 5.88 Å². The molecule has 0 aromatic carbocycles. The first kappa shape index (κ1) is 11.2. The van der Waals surface area contributed by atoms with Crippen molar-refractivity contribution in [3.05, 3.63) is 23.9 Å². The molecule has 3 rings (SSSR count). The van der Waals surface area contributed by atoms with Crippen molar-refractivity contribution in [3.63, 3.8) is 0 Å². The van der Waals surface area contributed by atoms with Crippen LogP contribution >= 0.6 is 0 Å². The van der Waals surface area contributed by atoms with Crippen molar-refractivity contribution in [2.45, 2.75) is 6.42 Å². The topological polar surface area (TPSA) is 67.3 Å². The van der Waals surface area contributed by atoms with Gasteiger partial charge in [-0.2, -0.15) is 0 Å². The summed E-state index contributed by atoms with van der Waals surface area (Å²) in [4.78, 5) is 8.85. The molecule has 1 unspecified atom stereocenters. The monoisotopic (exact) mass is 245 g/mol. The highest BCUT2D eigenvalue weighted by Gasteiger charge is 2.21. The number of nitrogens with zero attached hydrogens (tertiary/aromatic N) is 2. The lowest BCUT2D eigenvalue weighted by atomic mass is 9.94. The number of fused-ring (bicyclic) bond motifs is 3. The van der Waals surface area contributed by atoms with Crippen LogP contribution in [-0.4, -0.2) is 35.3 Å². The number of aromatic nitrogens is 2. The Morgan fingerprint density at radius 2 is 2.39 bits per heavy atom. The molecule has 0 saturated heterocycles. The molecule has 3 heterocycles. The predicted molar refractivity (Wildman–Crippen MR) is 68.9 cm³/mol. The van der Waals surface area contributed by atoms with Gasteiger partial charge in [0.25, 0.3) is 0 Å². The van der Waals surface area contributed by atoms with Crippen LogP contribution in [0.3, 0.4) is 0 Å². The van der Waals surface area contributed by atoms with Crippen LogP contribution in [0.1, 0.15) is 5.56 Å². The van der Waals surface area contributed by atoms with E-state index < -0.39 is 0 Å². The van der Waals surface area contributed by atoms with E-state index in [1.807, 2.05) is 18.3 Å². The van der Waals surface area contributed by atoms with Crippen LogP contribution in [0.25, 0.3) is 11.0 Å². The molecule has 0 aliphatic carbocycles. The molecule has 1 atom stereocenters. The summed E-state index contributed by atoms with van der Waals surface area (Å²) >= 11 is 0. The van der Waals surface area contributed by atoms with E-state index in [0.717, 1.165) is 35.2 Å². The Morgan fingerprint density at radius 3 is 3.17 bits per heavy atom. The lowest BCUT2D eigenvalue weighted by molar-refractivity contribution is 0.231. The first-order valence-corrected chi connectivity index (χ1v) is 5.99. The average Bonchev–Trinajstić information content (AvgIpc) is 2.45. The third-order valence-corrected chi connectivity index (χ3v) is 3.33. The highest BCUT2D eigenvalue weighted by Crippen LogP contribution is 2.30. The molecule has 5 nitrogen and oxygen atoms in total. The second-order valence-corrected chi connectivity index (χ2v) is 4.51. The van der Waals surface area contributed by atoms with Crippen LogP contribution in [0, 0.1) is 5.92 Å². The predicted octanol–water partition coefficient (Wildman–Crippen LogP) is 1.21. The van der Waals surface area contributed by atoms with E-state index >= 15 is 0 Å². The fourth-order valence-corrected chi connectivity index (χ4v) is 2.32. The van der Waals surface area contributed by atoms with Crippen molar-refractivity contribution in [2.24, 2.45) is 5.92 Å². The zero-order valence-electron chi connectivity index (χ0n) is 10.2. The minimum Gasteiger partial charge on any atom is -0.481 e. The molecule has 1 aliphatic heterocycles. The molecule has 0 radical (unpaired) electrons. The van der Waals surface area contributed by atoms with Gasteiger partial charge in [-0.1, -0.05) is 0 Å². The summed E-state index contributed by atoms with van der Waals surface area (Å²) in [7, 11) is 1.60. The number of hydrogen-bond donors (Lipinski definition) is 2. The molecule has 0 bridgehead atoms. The van der Waals surface area contributed by atoms with Gasteiger partial charge in [0.1, 0.15) is 0 Å². The third-order valence-electron chi connectivity index (χ3n) is 3.33. The van der Waals surface area contributed by atoms with Crippen molar-refractivity contribution in [1.82, 2.24) is 9.97 Å². The Hall–Kier alpha value is -1.88. The summed E-state index contributed by atoms with van der Waals surface area (Å²) in [6, 6.07) is 3.71. The number of pyridine rings is 2. The van der Waals surface area contributed by atoms with Gasteiger partial charge in [-0.15, -0.1) is 0 Å². The molecule has 0 spiro atoms. The number of anilines is 1.